The third-order valence-electron chi connectivity index (χ3n) is 5.14. The van der Waals surface area contributed by atoms with Crippen molar-refractivity contribution in [1.82, 2.24) is 14.3 Å². The summed E-state index contributed by atoms with van der Waals surface area (Å²) in [4.78, 5) is 6.02. The van der Waals surface area contributed by atoms with Gasteiger partial charge in [0.05, 0.1) is 10.4 Å². The van der Waals surface area contributed by atoms with E-state index in [-0.39, 0.29) is 27.9 Å². The minimum absolute atomic E-state index is 0.0197. The highest BCUT2D eigenvalue weighted by atomic mass is 32.2. The lowest BCUT2D eigenvalue weighted by atomic mass is 10.3. The average molecular weight is 452 g/mol. The van der Waals surface area contributed by atoms with Crippen LogP contribution in [0.2, 0.25) is 0 Å². The fourth-order valence-corrected chi connectivity index (χ4v) is 6.57. The molecule has 1 saturated heterocycles. The molecule has 0 radical (unpaired) electrons. The lowest BCUT2D eigenvalue weighted by Crippen LogP contribution is -2.43. The monoisotopic (exact) mass is 452 g/mol. The Kier molecular flexibility index (Phi) is 3.52. The largest absolute Gasteiger partial charge is 0.650 e. The normalized spacial score (nSPS) is 22.1. The summed E-state index contributed by atoms with van der Waals surface area (Å²) >= 11 is 0. The molecule has 7 rings (SSSR count). The molecule has 6 bridgehead atoms. The van der Waals surface area contributed by atoms with Crippen LogP contribution in [0.1, 0.15) is 0 Å². The van der Waals surface area contributed by atoms with E-state index in [9.17, 15) is 17.4 Å². The molecular weight excluding hydrogens is 438 g/mol. The number of phosphoric ester groups is 1. The number of nitrogens with zero attached hydrogens (tertiary/aromatic N) is 3. The first kappa shape index (κ1) is 18.0. The summed E-state index contributed by atoms with van der Waals surface area (Å²) in [6.07, 6.45) is 0. The molecule has 0 aliphatic carbocycles. The standard InChI is InChI=1S/C17H14FN4O6PS/c18-10-2-1-3-11(8-10)30(24,25)22-12-9-13-16-20-14(12)15(21-6-4-19-5-7-21)17(22)28-29(23,26-13)27-16/h1-3,8-9,19H,4-7H2. The molecule has 1 fully saturated rings. The van der Waals surface area contributed by atoms with E-state index in [2.05, 4.69) is 10.3 Å². The van der Waals surface area contributed by atoms with Gasteiger partial charge < -0.3 is 23.8 Å². The van der Waals surface area contributed by atoms with Gasteiger partial charge in [-0.05, 0) is 18.2 Å². The SMILES string of the molecule is O=P12Oc3cc4c(nc3O1)c(N1CCNCC1)c(n4S(=O)(=O)c1cccc(F)c1)O2. The van der Waals surface area contributed by atoms with Crippen LogP contribution in [0.4, 0.5) is 10.1 Å². The molecule has 4 aliphatic rings. The van der Waals surface area contributed by atoms with E-state index in [0.717, 1.165) is 16.1 Å². The van der Waals surface area contributed by atoms with Crippen molar-refractivity contribution in [2.75, 3.05) is 31.1 Å². The van der Waals surface area contributed by atoms with Gasteiger partial charge in [-0.2, -0.15) is 8.54 Å². The number of nitrogens with one attached hydrogen (secondary N) is 1. The van der Waals surface area contributed by atoms with Gasteiger partial charge in [0.2, 0.25) is 5.88 Å². The zero-order valence-corrected chi connectivity index (χ0v) is 17.0. The topological polar surface area (TPSA) is 112 Å². The van der Waals surface area contributed by atoms with Crippen molar-refractivity contribution in [2.45, 2.75) is 4.90 Å². The lowest BCUT2D eigenvalue weighted by molar-refractivity contribution is 0.323. The predicted octanol–water partition coefficient (Wildman–Crippen LogP) is 2.09. The molecule has 1 unspecified atom stereocenters. The molecule has 30 heavy (non-hydrogen) atoms. The predicted molar refractivity (Wildman–Crippen MR) is 103 cm³/mol. The van der Waals surface area contributed by atoms with Crippen molar-refractivity contribution in [2.24, 2.45) is 0 Å². The van der Waals surface area contributed by atoms with Gasteiger partial charge in [-0.3, -0.25) is 0 Å². The molecule has 1 N–H and O–H groups in total. The maximum Gasteiger partial charge on any atom is 0.650 e. The van der Waals surface area contributed by atoms with Gasteiger partial charge in [-0.15, -0.1) is 0 Å². The molecule has 1 atom stereocenters. The Morgan fingerprint density at radius 3 is 2.70 bits per heavy atom. The zero-order chi connectivity index (χ0) is 20.7. The second-order valence-corrected chi connectivity index (χ2v) is 10.2. The molecule has 156 valence electrons. The van der Waals surface area contributed by atoms with Crippen LogP contribution in [0.5, 0.6) is 17.5 Å². The molecule has 2 aromatic heterocycles. The number of aromatic nitrogens is 2. The van der Waals surface area contributed by atoms with Crippen LogP contribution in [-0.4, -0.2) is 43.6 Å². The number of piperazine rings is 1. The summed E-state index contributed by atoms with van der Waals surface area (Å²) in [5, 5.41) is 3.22. The van der Waals surface area contributed by atoms with Crippen LogP contribution < -0.4 is 23.8 Å². The Hall–Kier alpha value is -2.82. The third kappa shape index (κ3) is 2.41. The number of anilines is 1. The molecule has 0 amide bonds. The van der Waals surface area contributed by atoms with Gasteiger partial charge in [-0.1, -0.05) is 6.07 Å². The van der Waals surface area contributed by atoms with Gasteiger partial charge in [-0.25, -0.2) is 17.8 Å². The van der Waals surface area contributed by atoms with Crippen LogP contribution >= 0.6 is 7.82 Å². The highest BCUT2D eigenvalue weighted by Gasteiger charge is 2.49. The first-order valence-corrected chi connectivity index (χ1v) is 12.0. The fraction of sp³-hybridized carbons (Fsp3) is 0.235. The summed E-state index contributed by atoms with van der Waals surface area (Å²) in [7, 11) is -8.48. The van der Waals surface area contributed by atoms with Gasteiger partial charge in [0, 0.05) is 32.2 Å². The van der Waals surface area contributed by atoms with Crippen LogP contribution in [0.3, 0.4) is 0 Å². The molecule has 10 nitrogen and oxygen atoms in total. The highest BCUT2D eigenvalue weighted by molar-refractivity contribution is 7.90. The lowest BCUT2D eigenvalue weighted by Gasteiger charge is -2.29. The van der Waals surface area contributed by atoms with Crippen LogP contribution in [0.25, 0.3) is 11.0 Å². The number of phosphoric acid groups is 1. The molecule has 0 saturated carbocycles. The molecule has 1 aromatic carbocycles. The minimum atomic E-state index is -4.32. The molecule has 6 heterocycles. The average Bonchev–Trinajstić information content (AvgIpc) is 3.22. The number of hydrogen-bond acceptors (Lipinski definition) is 9. The molecular formula is C17H14FN4O6PS. The smallest absolute Gasteiger partial charge is 0.380 e. The number of halogens is 1. The van der Waals surface area contributed by atoms with E-state index >= 15 is 0 Å². The Morgan fingerprint density at radius 2 is 1.93 bits per heavy atom. The van der Waals surface area contributed by atoms with Crippen molar-refractivity contribution in [3.8, 4) is 17.5 Å². The van der Waals surface area contributed by atoms with E-state index in [0.29, 0.717) is 37.4 Å². The number of pyridine rings is 1. The number of hydrogen-bond donors (Lipinski definition) is 1. The Balaban J connectivity index is 1.70. The van der Waals surface area contributed by atoms with Gasteiger partial charge in [0.1, 0.15) is 17.0 Å². The minimum Gasteiger partial charge on any atom is -0.380 e. The van der Waals surface area contributed by atoms with Gasteiger partial charge in [0.25, 0.3) is 15.9 Å². The maximum absolute atomic E-state index is 13.8. The van der Waals surface area contributed by atoms with E-state index in [1.54, 1.807) is 0 Å². The van der Waals surface area contributed by atoms with Crippen molar-refractivity contribution in [1.29, 1.82) is 0 Å². The third-order valence-corrected chi connectivity index (χ3v) is 8.05. The Morgan fingerprint density at radius 1 is 1.13 bits per heavy atom. The fourth-order valence-electron chi connectivity index (χ4n) is 3.85. The Bertz CT molecular complexity index is 1380. The summed E-state index contributed by atoms with van der Waals surface area (Å²) in [6, 6.07) is 6.05. The summed E-state index contributed by atoms with van der Waals surface area (Å²) in [5.74, 6) is -0.924. The number of benzene rings is 1. The number of rotatable bonds is 3. The second-order valence-electron chi connectivity index (χ2n) is 7.00. The molecule has 0 spiro atoms. The van der Waals surface area contributed by atoms with Crippen molar-refractivity contribution in [3.63, 3.8) is 0 Å². The van der Waals surface area contributed by atoms with Crippen molar-refractivity contribution < 1.29 is 30.9 Å². The zero-order valence-electron chi connectivity index (χ0n) is 15.2. The summed E-state index contributed by atoms with van der Waals surface area (Å²) in [6.45, 7) is 2.44. The van der Waals surface area contributed by atoms with Crippen LogP contribution in [0, 0.1) is 5.82 Å². The maximum atomic E-state index is 13.8. The van der Waals surface area contributed by atoms with Gasteiger partial charge in [0.15, 0.2) is 5.75 Å². The van der Waals surface area contributed by atoms with Crippen molar-refractivity contribution >= 4 is 34.6 Å². The van der Waals surface area contributed by atoms with Gasteiger partial charge >= 0.3 is 7.82 Å². The van der Waals surface area contributed by atoms with E-state index in [4.69, 9.17) is 13.6 Å². The van der Waals surface area contributed by atoms with Crippen molar-refractivity contribution in [3.05, 3.63) is 36.1 Å². The summed E-state index contributed by atoms with van der Waals surface area (Å²) in [5.41, 5.74) is 0.856. The van der Waals surface area contributed by atoms with Crippen LogP contribution in [-0.2, 0) is 14.6 Å². The van der Waals surface area contributed by atoms with Crippen LogP contribution in [0.15, 0.2) is 35.2 Å². The molecule has 4 aliphatic heterocycles. The first-order chi connectivity index (χ1) is 14.4. The molecule has 13 heteroatoms. The first-order valence-electron chi connectivity index (χ1n) is 9.11. The second kappa shape index (κ2) is 5.87. The van der Waals surface area contributed by atoms with E-state index in [1.165, 1.54) is 18.2 Å². The highest BCUT2D eigenvalue weighted by Crippen LogP contribution is 2.63. The quantitative estimate of drug-likeness (QED) is 0.597. The van der Waals surface area contributed by atoms with E-state index < -0.39 is 23.7 Å². The molecule has 3 aromatic rings. The summed E-state index contributed by atoms with van der Waals surface area (Å²) < 4.78 is 70.9. The Labute approximate surface area is 169 Å². The van der Waals surface area contributed by atoms with E-state index in [1.807, 2.05) is 4.90 Å².